The van der Waals surface area contributed by atoms with Gasteiger partial charge in [-0.1, -0.05) is 29.3 Å². The van der Waals surface area contributed by atoms with Crippen LogP contribution in [0.4, 0.5) is 0 Å². The van der Waals surface area contributed by atoms with Gasteiger partial charge in [-0.3, -0.25) is 0 Å². The van der Waals surface area contributed by atoms with Crippen molar-refractivity contribution >= 4 is 11.0 Å². The van der Waals surface area contributed by atoms with Gasteiger partial charge in [0.05, 0.1) is 12.1 Å². The molecule has 3 heteroatoms. The summed E-state index contributed by atoms with van der Waals surface area (Å²) in [6, 6.07) is 7.83. The van der Waals surface area contributed by atoms with Gasteiger partial charge in [-0.25, -0.2) is 4.68 Å². The summed E-state index contributed by atoms with van der Waals surface area (Å²) in [6.07, 6.45) is 8.64. The molecule has 1 aromatic carbocycles. The Morgan fingerprint density at radius 3 is 3.14 bits per heavy atom. The minimum atomic E-state index is 0.657. The van der Waals surface area contributed by atoms with Gasteiger partial charge in [-0.15, -0.1) is 11.5 Å². The highest BCUT2D eigenvalue weighted by atomic mass is 15.4. The number of benzene rings is 1. The van der Waals surface area contributed by atoms with Gasteiger partial charge in [-0.2, -0.15) is 0 Å². The van der Waals surface area contributed by atoms with Gasteiger partial charge in [0, 0.05) is 0 Å². The van der Waals surface area contributed by atoms with E-state index in [2.05, 4.69) is 16.2 Å². The number of hydrogen-bond acceptors (Lipinski definition) is 2. The van der Waals surface area contributed by atoms with Gasteiger partial charge in [0.15, 0.2) is 0 Å². The molecule has 14 heavy (non-hydrogen) atoms. The first kappa shape index (κ1) is 8.52. The maximum absolute atomic E-state index is 5.10. The van der Waals surface area contributed by atoms with E-state index in [9.17, 15) is 0 Å². The molecule has 3 nitrogen and oxygen atoms in total. The molecule has 0 aliphatic rings. The van der Waals surface area contributed by atoms with E-state index >= 15 is 0 Å². The number of allylic oxidation sites excluding steroid dienone is 2. The van der Waals surface area contributed by atoms with Crippen LogP contribution in [0.1, 0.15) is 0 Å². The first-order valence-corrected chi connectivity index (χ1v) is 4.31. The van der Waals surface area contributed by atoms with Crippen LogP contribution in [0.3, 0.4) is 0 Å². The summed E-state index contributed by atoms with van der Waals surface area (Å²) in [4.78, 5) is 0. The molecule has 0 radical (unpaired) electrons. The second-order valence-corrected chi connectivity index (χ2v) is 2.83. The highest BCUT2D eigenvalue weighted by molar-refractivity contribution is 5.73. The number of fused-ring (bicyclic) bond motifs is 1. The van der Waals surface area contributed by atoms with Crippen molar-refractivity contribution in [3.63, 3.8) is 0 Å². The molecule has 0 saturated carbocycles. The van der Waals surface area contributed by atoms with E-state index < -0.39 is 0 Å². The molecule has 2 rings (SSSR count). The minimum absolute atomic E-state index is 0.657. The standard InChI is InChI=1S/C11H9N3/c1-2-3-6-9-14-11-8-5-4-7-10(11)12-13-14/h1,3-8H,9H2/b6-3+. The van der Waals surface area contributed by atoms with Crippen LogP contribution in [0, 0.1) is 12.3 Å². The fourth-order valence-electron chi connectivity index (χ4n) is 1.27. The Labute approximate surface area is 82.0 Å². The molecule has 0 fully saturated rings. The fourth-order valence-corrected chi connectivity index (χ4v) is 1.27. The van der Waals surface area contributed by atoms with Crippen molar-refractivity contribution in [1.29, 1.82) is 0 Å². The first-order valence-electron chi connectivity index (χ1n) is 4.31. The lowest BCUT2D eigenvalue weighted by molar-refractivity contribution is 0.682. The predicted molar refractivity (Wildman–Crippen MR) is 55.5 cm³/mol. The van der Waals surface area contributed by atoms with Crippen LogP contribution in [0.25, 0.3) is 11.0 Å². The lowest BCUT2D eigenvalue weighted by Gasteiger charge is -1.94. The second-order valence-electron chi connectivity index (χ2n) is 2.83. The number of para-hydroxylation sites is 1. The normalized spacial score (nSPS) is 10.8. The number of terminal acetylenes is 1. The Hall–Kier alpha value is -2.08. The molecule has 0 N–H and O–H groups in total. The zero-order chi connectivity index (χ0) is 9.80. The molecule has 0 saturated heterocycles. The molecule has 1 heterocycles. The first-order chi connectivity index (χ1) is 6.92. The van der Waals surface area contributed by atoms with E-state index in [-0.39, 0.29) is 0 Å². The van der Waals surface area contributed by atoms with Gasteiger partial charge in [0.25, 0.3) is 0 Å². The van der Waals surface area contributed by atoms with Crippen molar-refractivity contribution < 1.29 is 0 Å². The topological polar surface area (TPSA) is 30.7 Å². The third-order valence-electron chi connectivity index (χ3n) is 1.91. The predicted octanol–water partition coefficient (Wildman–Crippen LogP) is 1.62. The molecule has 0 spiro atoms. The Morgan fingerprint density at radius 2 is 2.29 bits per heavy atom. The molecule has 2 aromatic rings. The van der Waals surface area contributed by atoms with Crippen LogP contribution in [-0.4, -0.2) is 15.0 Å². The van der Waals surface area contributed by atoms with Crippen LogP contribution in [0.15, 0.2) is 36.4 Å². The second kappa shape index (κ2) is 3.75. The summed E-state index contributed by atoms with van der Waals surface area (Å²) >= 11 is 0. The van der Waals surface area contributed by atoms with Crippen molar-refractivity contribution in [3.8, 4) is 12.3 Å². The number of hydrogen-bond donors (Lipinski definition) is 0. The van der Waals surface area contributed by atoms with Crippen molar-refractivity contribution in [2.45, 2.75) is 6.54 Å². The molecule has 68 valence electrons. The number of aromatic nitrogens is 3. The number of rotatable bonds is 2. The van der Waals surface area contributed by atoms with Crippen LogP contribution < -0.4 is 0 Å². The molecule has 0 aliphatic carbocycles. The van der Waals surface area contributed by atoms with Gasteiger partial charge in [0.1, 0.15) is 5.52 Å². The summed E-state index contributed by atoms with van der Waals surface area (Å²) in [5, 5.41) is 8.04. The molecule has 0 atom stereocenters. The van der Waals surface area contributed by atoms with E-state index in [0.717, 1.165) is 11.0 Å². The summed E-state index contributed by atoms with van der Waals surface area (Å²) in [5.74, 6) is 2.44. The van der Waals surface area contributed by atoms with Crippen molar-refractivity contribution in [3.05, 3.63) is 36.4 Å². The molecule has 0 bridgehead atoms. The molecular formula is C11H9N3. The molecule has 1 aromatic heterocycles. The quantitative estimate of drug-likeness (QED) is 0.662. The minimum Gasteiger partial charge on any atom is -0.241 e. The Kier molecular flexibility index (Phi) is 2.28. The largest absolute Gasteiger partial charge is 0.241 e. The maximum atomic E-state index is 5.10. The highest BCUT2D eigenvalue weighted by Gasteiger charge is 1.99. The SMILES string of the molecule is C#C/C=C/Cn1nnc2ccccc21. The Morgan fingerprint density at radius 1 is 1.43 bits per heavy atom. The number of nitrogens with zero attached hydrogens (tertiary/aromatic N) is 3. The summed E-state index contributed by atoms with van der Waals surface area (Å²) in [7, 11) is 0. The van der Waals surface area contributed by atoms with Crippen molar-refractivity contribution in [1.82, 2.24) is 15.0 Å². The van der Waals surface area contributed by atoms with Crippen LogP contribution in [0.2, 0.25) is 0 Å². The van der Waals surface area contributed by atoms with Gasteiger partial charge >= 0.3 is 0 Å². The van der Waals surface area contributed by atoms with Crippen molar-refractivity contribution in [2.24, 2.45) is 0 Å². The maximum Gasteiger partial charge on any atom is 0.113 e. The molecule has 0 unspecified atom stereocenters. The van der Waals surface area contributed by atoms with E-state index in [1.165, 1.54) is 0 Å². The highest BCUT2D eigenvalue weighted by Crippen LogP contribution is 2.09. The Bertz CT molecular complexity index is 502. The third kappa shape index (κ3) is 1.50. The zero-order valence-corrected chi connectivity index (χ0v) is 7.59. The fraction of sp³-hybridized carbons (Fsp3) is 0.0909. The lowest BCUT2D eigenvalue weighted by Crippen LogP contribution is -1.96. The molecule has 0 aliphatic heterocycles. The van der Waals surface area contributed by atoms with E-state index in [0.29, 0.717) is 6.54 Å². The third-order valence-corrected chi connectivity index (χ3v) is 1.91. The summed E-state index contributed by atoms with van der Waals surface area (Å²) < 4.78 is 1.81. The van der Waals surface area contributed by atoms with E-state index in [4.69, 9.17) is 6.42 Å². The lowest BCUT2D eigenvalue weighted by atomic mass is 10.3. The average Bonchev–Trinajstić information content (AvgIpc) is 2.63. The van der Waals surface area contributed by atoms with E-state index in [1.807, 2.05) is 35.0 Å². The van der Waals surface area contributed by atoms with Crippen LogP contribution in [-0.2, 0) is 6.54 Å². The van der Waals surface area contributed by atoms with Crippen LogP contribution >= 0.6 is 0 Å². The van der Waals surface area contributed by atoms with Gasteiger partial charge in [0.2, 0.25) is 0 Å². The van der Waals surface area contributed by atoms with Gasteiger partial charge in [-0.05, 0) is 18.2 Å². The van der Waals surface area contributed by atoms with Crippen molar-refractivity contribution in [2.75, 3.05) is 0 Å². The zero-order valence-electron chi connectivity index (χ0n) is 7.59. The summed E-state index contributed by atoms with van der Waals surface area (Å²) in [6.45, 7) is 0.657. The Balaban J connectivity index is 2.35. The summed E-state index contributed by atoms with van der Waals surface area (Å²) in [5.41, 5.74) is 1.93. The molecule has 0 amide bonds. The molecular weight excluding hydrogens is 174 g/mol. The smallest absolute Gasteiger partial charge is 0.113 e. The van der Waals surface area contributed by atoms with Gasteiger partial charge < -0.3 is 0 Å². The van der Waals surface area contributed by atoms with Crippen LogP contribution in [0.5, 0.6) is 0 Å². The van der Waals surface area contributed by atoms with E-state index in [1.54, 1.807) is 6.08 Å². The monoisotopic (exact) mass is 183 g/mol. The average molecular weight is 183 g/mol.